The predicted octanol–water partition coefficient (Wildman–Crippen LogP) is 2.22. The number of aromatic nitrogens is 1. The van der Waals surface area contributed by atoms with Gasteiger partial charge in [-0.05, 0) is 18.2 Å². The van der Waals surface area contributed by atoms with Gasteiger partial charge in [0.25, 0.3) is 0 Å². The molecule has 0 atom stereocenters. The molecule has 0 radical (unpaired) electrons. The summed E-state index contributed by atoms with van der Waals surface area (Å²) < 4.78 is 10.5. The van der Waals surface area contributed by atoms with Gasteiger partial charge in [0.2, 0.25) is 0 Å². The van der Waals surface area contributed by atoms with Crippen LogP contribution in [-0.4, -0.2) is 19.2 Å². The monoisotopic (exact) mass is 266 g/mol. The molecule has 0 unspecified atom stereocenters. The van der Waals surface area contributed by atoms with E-state index in [2.05, 4.69) is 9.82 Å². The highest BCUT2D eigenvalue weighted by Crippen LogP contribution is 2.35. The Kier molecular flexibility index (Phi) is 4.14. The van der Waals surface area contributed by atoms with Crippen molar-refractivity contribution in [1.29, 1.82) is 0 Å². The van der Waals surface area contributed by atoms with Crippen molar-refractivity contribution in [1.82, 2.24) is 4.98 Å². The van der Waals surface area contributed by atoms with Crippen LogP contribution in [0.1, 0.15) is 5.69 Å². The van der Waals surface area contributed by atoms with Crippen LogP contribution in [0.25, 0.3) is 10.6 Å². The van der Waals surface area contributed by atoms with Crippen molar-refractivity contribution in [2.75, 3.05) is 14.2 Å². The van der Waals surface area contributed by atoms with Crippen molar-refractivity contribution in [2.24, 2.45) is 5.90 Å². The van der Waals surface area contributed by atoms with E-state index in [9.17, 15) is 0 Å². The number of nitrogens with two attached hydrogens (primary N) is 1. The zero-order valence-corrected chi connectivity index (χ0v) is 11.0. The Morgan fingerprint density at radius 1 is 1.28 bits per heavy atom. The van der Waals surface area contributed by atoms with Gasteiger partial charge < -0.3 is 9.47 Å². The third kappa shape index (κ3) is 2.61. The maximum atomic E-state index is 5.32. The number of hydrogen-bond donors (Lipinski definition) is 1. The second kappa shape index (κ2) is 5.81. The van der Waals surface area contributed by atoms with Gasteiger partial charge >= 0.3 is 0 Å². The molecule has 6 heteroatoms. The van der Waals surface area contributed by atoms with Crippen molar-refractivity contribution in [3.05, 3.63) is 29.3 Å². The van der Waals surface area contributed by atoms with Crippen LogP contribution < -0.4 is 15.4 Å². The number of methoxy groups -OCH3 is 2. The fraction of sp³-hybridized carbons (Fsp3) is 0.250. The molecule has 0 bridgehead atoms. The molecule has 18 heavy (non-hydrogen) atoms. The van der Waals surface area contributed by atoms with Crippen LogP contribution in [0.2, 0.25) is 0 Å². The van der Waals surface area contributed by atoms with Crippen molar-refractivity contribution >= 4 is 11.3 Å². The SMILES string of the molecule is COc1ccc(OC)c(-c2nc(CON)cs2)c1. The Bertz CT molecular complexity index is 528. The molecule has 2 rings (SSSR count). The van der Waals surface area contributed by atoms with E-state index in [4.69, 9.17) is 15.4 Å². The van der Waals surface area contributed by atoms with E-state index < -0.39 is 0 Å². The summed E-state index contributed by atoms with van der Waals surface area (Å²) in [4.78, 5) is 9.00. The number of thiazole rings is 1. The van der Waals surface area contributed by atoms with Crippen molar-refractivity contribution in [3.8, 4) is 22.1 Å². The third-order valence-electron chi connectivity index (χ3n) is 2.42. The molecule has 0 amide bonds. The first-order chi connectivity index (χ1) is 8.78. The van der Waals surface area contributed by atoms with E-state index in [1.54, 1.807) is 14.2 Å². The topological polar surface area (TPSA) is 66.6 Å². The minimum absolute atomic E-state index is 0.294. The number of nitrogens with zero attached hydrogens (tertiary/aromatic N) is 1. The van der Waals surface area contributed by atoms with Crippen molar-refractivity contribution in [3.63, 3.8) is 0 Å². The molecule has 0 saturated heterocycles. The van der Waals surface area contributed by atoms with Crippen LogP contribution in [0, 0.1) is 0 Å². The molecule has 0 fully saturated rings. The molecule has 0 aliphatic heterocycles. The van der Waals surface area contributed by atoms with E-state index in [0.29, 0.717) is 6.61 Å². The largest absolute Gasteiger partial charge is 0.497 e. The smallest absolute Gasteiger partial charge is 0.129 e. The van der Waals surface area contributed by atoms with E-state index in [-0.39, 0.29) is 0 Å². The molecule has 5 nitrogen and oxygen atoms in total. The lowest BCUT2D eigenvalue weighted by Gasteiger charge is -2.08. The lowest BCUT2D eigenvalue weighted by Crippen LogP contribution is -1.98. The van der Waals surface area contributed by atoms with Gasteiger partial charge in [-0.3, -0.25) is 4.84 Å². The number of benzene rings is 1. The fourth-order valence-electron chi connectivity index (χ4n) is 1.56. The summed E-state index contributed by atoms with van der Waals surface area (Å²) in [7, 11) is 3.25. The number of ether oxygens (including phenoxy) is 2. The van der Waals surface area contributed by atoms with Crippen molar-refractivity contribution < 1.29 is 14.3 Å². The first-order valence-corrected chi connectivity index (χ1v) is 6.15. The highest BCUT2D eigenvalue weighted by atomic mass is 32.1. The Labute approximate surface area is 109 Å². The van der Waals surface area contributed by atoms with Gasteiger partial charge in [-0.1, -0.05) is 0 Å². The lowest BCUT2D eigenvalue weighted by molar-refractivity contribution is 0.122. The van der Waals surface area contributed by atoms with Gasteiger partial charge in [-0.2, -0.15) is 0 Å². The Morgan fingerprint density at radius 3 is 2.78 bits per heavy atom. The first-order valence-electron chi connectivity index (χ1n) is 5.27. The fourth-order valence-corrected chi connectivity index (χ4v) is 2.39. The van der Waals surface area contributed by atoms with Gasteiger partial charge in [-0.25, -0.2) is 10.9 Å². The number of rotatable bonds is 5. The Hall–Kier alpha value is -1.63. The summed E-state index contributed by atoms with van der Waals surface area (Å²) in [5.41, 5.74) is 1.69. The van der Waals surface area contributed by atoms with Crippen LogP contribution in [0.5, 0.6) is 11.5 Å². The molecule has 1 aromatic carbocycles. The summed E-state index contributed by atoms with van der Waals surface area (Å²) in [6.07, 6.45) is 0. The molecule has 1 aromatic heterocycles. The zero-order chi connectivity index (χ0) is 13.0. The van der Waals surface area contributed by atoms with Gasteiger partial charge in [0.1, 0.15) is 23.1 Å². The molecule has 2 N–H and O–H groups in total. The summed E-state index contributed by atoms with van der Waals surface area (Å²) >= 11 is 1.51. The second-order valence-corrected chi connectivity index (χ2v) is 4.38. The third-order valence-corrected chi connectivity index (χ3v) is 3.34. The van der Waals surface area contributed by atoms with Crippen molar-refractivity contribution in [2.45, 2.75) is 6.61 Å². The van der Waals surface area contributed by atoms with Gasteiger partial charge in [0.05, 0.1) is 25.5 Å². The average Bonchev–Trinajstić information content (AvgIpc) is 2.87. The van der Waals surface area contributed by atoms with Crippen LogP contribution >= 0.6 is 11.3 Å². The summed E-state index contributed by atoms with van der Waals surface area (Å²) in [6, 6.07) is 5.60. The molecule has 0 saturated carbocycles. The molecule has 0 spiro atoms. The highest BCUT2D eigenvalue weighted by Gasteiger charge is 2.11. The predicted molar refractivity (Wildman–Crippen MR) is 69.6 cm³/mol. The molecule has 1 heterocycles. The standard InChI is InChI=1S/C12H14N2O3S/c1-15-9-3-4-11(16-2)10(5-9)12-14-8(6-17-13)7-18-12/h3-5,7H,6,13H2,1-2H3. The number of hydrogen-bond acceptors (Lipinski definition) is 6. The minimum atomic E-state index is 0.294. The van der Waals surface area contributed by atoms with Crippen LogP contribution in [0.15, 0.2) is 23.6 Å². The minimum Gasteiger partial charge on any atom is -0.497 e. The molecule has 96 valence electrons. The van der Waals surface area contributed by atoms with Crippen LogP contribution in [0.3, 0.4) is 0 Å². The normalized spacial score (nSPS) is 10.4. The van der Waals surface area contributed by atoms with Gasteiger partial charge in [-0.15, -0.1) is 11.3 Å². The van der Waals surface area contributed by atoms with Gasteiger partial charge in [0, 0.05) is 5.38 Å². The van der Waals surface area contributed by atoms with E-state index in [1.165, 1.54) is 11.3 Å². The highest BCUT2D eigenvalue weighted by molar-refractivity contribution is 7.13. The molecule has 0 aliphatic rings. The molecule has 2 aromatic rings. The maximum absolute atomic E-state index is 5.32. The summed E-state index contributed by atoms with van der Waals surface area (Å²) in [5, 5.41) is 2.75. The van der Waals surface area contributed by atoms with Crippen LogP contribution in [-0.2, 0) is 11.4 Å². The molecular formula is C12H14N2O3S. The van der Waals surface area contributed by atoms with E-state index in [0.717, 1.165) is 27.8 Å². The second-order valence-electron chi connectivity index (χ2n) is 3.52. The molecule has 0 aliphatic carbocycles. The zero-order valence-electron chi connectivity index (χ0n) is 10.2. The maximum Gasteiger partial charge on any atom is 0.129 e. The Balaban J connectivity index is 2.40. The average molecular weight is 266 g/mol. The first kappa shape index (κ1) is 12.8. The quantitative estimate of drug-likeness (QED) is 0.840. The molecular weight excluding hydrogens is 252 g/mol. The Morgan fingerprint density at radius 2 is 2.11 bits per heavy atom. The van der Waals surface area contributed by atoms with E-state index >= 15 is 0 Å². The van der Waals surface area contributed by atoms with Crippen LogP contribution in [0.4, 0.5) is 0 Å². The van der Waals surface area contributed by atoms with Gasteiger partial charge in [0.15, 0.2) is 0 Å². The lowest BCUT2D eigenvalue weighted by atomic mass is 10.2. The summed E-state index contributed by atoms with van der Waals surface area (Å²) in [6.45, 7) is 0.294. The summed E-state index contributed by atoms with van der Waals surface area (Å²) in [5.74, 6) is 6.55. The van der Waals surface area contributed by atoms with E-state index in [1.807, 2.05) is 23.6 Å².